The Morgan fingerprint density at radius 1 is 1.53 bits per heavy atom. The molecule has 0 aliphatic carbocycles. The SMILES string of the molecule is CC(=O)Oc1cc(O)ccc1/C=C/CO. The van der Waals surface area contributed by atoms with Crippen LogP contribution in [0.5, 0.6) is 11.5 Å². The minimum Gasteiger partial charge on any atom is -0.508 e. The molecule has 15 heavy (non-hydrogen) atoms. The normalized spacial score (nSPS) is 10.5. The minimum absolute atomic E-state index is 0.0207. The van der Waals surface area contributed by atoms with Crippen molar-refractivity contribution in [3.05, 3.63) is 29.8 Å². The molecule has 1 rings (SSSR count). The number of phenolic OH excluding ortho intramolecular Hbond substituents is 1. The van der Waals surface area contributed by atoms with Crippen molar-refractivity contribution in [2.24, 2.45) is 0 Å². The molecule has 2 N–H and O–H groups in total. The van der Waals surface area contributed by atoms with Crippen LogP contribution in [0, 0.1) is 0 Å². The van der Waals surface area contributed by atoms with Gasteiger partial charge >= 0.3 is 5.97 Å². The molecular weight excluding hydrogens is 196 g/mol. The van der Waals surface area contributed by atoms with Crippen LogP contribution >= 0.6 is 0 Å². The molecule has 4 nitrogen and oxygen atoms in total. The van der Waals surface area contributed by atoms with Gasteiger partial charge in [0.25, 0.3) is 0 Å². The number of aromatic hydroxyl groups is 1. The second-order valence-corrected chi connectivity index (χ2v) is 2.90. The summed E-state index contributed by atoms with van der Waals surface area (Å²) in [7, 11) is 0. The molecule has 1 aromatic carbocycles. The summed E-state index contributed by atoms with van der Waals surface area (Å²) in [5.74, 6) is -0.168. The Morgan fingerprint density at radius 2 is 2.27 bits per heavy atom. The maximum Gasteiger partial charge on any atom is 0.308 e. The van der Waals surface area contributed by atoms with Gasteiger partial charge in [0.15, 0.2) is 0 Å². The average molecular weight is 208 g/mol. The standard InChI is InChI=1S/C11H12O4/c1-8(13)15-11-7-10(14)5-4-9(11)3-2-6-12/h2-5,7,12,14H,6H2,1H3/b3-2+. The average Bonchev–Trinajstić information content (AvgIpc) is 2.16. The smallest absolute Gasteiger partial charge is 0.308 e. The van der Waals surface area contributed by atoms with Crippen molar-refractivity contribution in [3.63, 3.8) is 0 Å². The van der Waals surface area contributed by atoms with E-state index >= 15 is 0 Å². The Hall–Kier alpha value is -1.81. The fourth-order valence-corrected chi connectivity index (χ4v) is 1.08. The molecule has 0 amide bonds. The Balaban J connectivity index is 3.02. The number of phenols is 1. The highest BCUT2D eigenvalue weighted by Gasteiger charge is 2.04. The van der Waals surface area contributed by atoms with Gasteiger partial charge in [0, 0.05) is 18.6 Å². The van der Waals surface area contributed by atoms with Gasteiger partial charge in [0.1, 0.15) is 11.5 Å². The van der Waals surface area contributed by atoms with Crippen LogP contribution < -0.4 is 4.74 Å². The van der Waals surface area contributed by atoms with E-state index in [1.807, 2.05) is 0 Å². The van der Waals surface area contributed by atoms with Gasteiger partial charge in [-0.1, -0.05) is 12.2 Å². The van der Waals surface area contributed by atoms with Gasteiger partial charge < -0.3 is 14.9 Å². The zero-order valence-corrected chi connectivity index (χ0v) is 8.30. The van der Waals surface area contributed by atoms with Crippen molar-refractivity contribution in [2.45, 2.75) is 6.92 Å². The number of benzene rings is 1. The number of hydrogen-bond acceptors (Lipinski definition) is 4. The van der Waals surface area contributed by atoms with E-state index in [-0.39, 0.29) is 18.1 Å². The highest BCUT2D eigenvalue weighted by atomic mass is 16.5. The van der Waals surface area contributed by atoms with Crippen LogP contribution in [0.1, 0.15) is 12.5 Å². The number of esters is 1. The molecular formula is C11H12O4. The first-order chi connectivity index (χ1) is 7.13. The lowest BCUT2D eigenvalue weighted by molar-refractivity contribution is -0.131. The molecule has 0 heterocycles. The summed E-state index contributed by atoms with van der Waals surface area (Å²) >= 11 is 0. The quantitative estimate of drug-likeness (QED) is 0.580. The van der Waals surface area contributed by atoms with Gasteiger partial charge in [-0.3, -0.25) is 4.79 Å². The number of hydrogen-bond donors (Lipinski definition) is 2. The fourth-order valence-electron chi connectivity index (χ4n) is 1.08. The van der Waals surface area contributed by atoms with Crippen LogP contribution in [-0.2, 0) is 4.79 Å². The second-order valence-electron chi connectivity index (χ2n) is 2.90. The summed E-state index contributed by atoms with van der Waals surface area (Å²) < 4.78 is 4.89. The molecule has 0 aliphatic rings. The largest absolute Gasteiger partial charge is 0.508 e. The molecule has 0 aromatic heterocycles. The molecule has 0 unspecified atom stereocenters. The van der Waals surface area contributed by atoms with Crippen molar-refractivity contribution in [2.75, 3.05) is 6.61 Å². The maximum atomic E-state index is 10.8. The zero-order chi connectivity index (χ0) is 11.3. The number of aliphatic hydroxyl groups excluding tert-OH is 1. The summed E-state index contributed by atoms with van der Waals surface area (Å²) in [5, 5.41) is 17.8. The van der Waals surface area contributed by atoms with Gasteiger partial charge in [-0.15, -0.1) is 0 Å². The predicted octanol–water partition coefficient (Wildman–Crippen LogP) is 1.32. The van der Waals surface area contributed by atoms with Gasteiger partial charge in [-0.25, -0.2) is 0 Å². The third kappa shape index (κ3) is 3.44. The Labute approximate surface area is 87.4 Å². The first-order valence-corrected chi connectivity index (χ1v) is 4.42. The minimum atomic E-state index is -0.459. The van der Waals surface area contributed by atoms with Crippen LogP contribution in [0.25, 0.3) is 6.08 Å². The van der Waals surface area contributed by atoms with Crippen LogP contribution in [0.2, 0.25) is 0 Å². The van der Waals surface area contributed by atoms with E-state index in [2.05, 4.69) is 0 Å². The maximum absolute atomic E-state index is 10.8. The first kappa shape index (κ1) is 11.3. The molecule has 4 heteroatoms. The summed E-state index contributed by atoms with van der Waals surface area (Å²) in [6, 6.07) is 4.42. The summed E-state index contributed by atoms with van der Waals surface area (Å²) in [5.41, 5.74) is 0.622. The molecule has 0 radical (unpaired) electrons. The number of rotatable bonds is 3. The molecule has 0 fully saturated rings. The fraction of sp³-hybridized carbons (Fsp3) is 0.182. The molecule has 80 valence electrons. The van der Waals surface area contributed by atoms with Gasteiger partial charge in [0.05, 0.1) is 6.61 Å². The molecule has 0 atom stereocenters. The van der Waals surface area contributed by atoms with Crippen molar-refractivity contribution in [1.29, 1.82) is 0 Å². The van der Waals surface area contributed by atoms with E-state index in [9.17, 15) is 9.90 Å². The van der Waals surface area contributed by atoms with Crippen molar-refractivity contribution in [3.8, 4) is 11.5 Å². The van der Waals surface area contributed by atoms with Crippen molar-refractivity contribution >= 4 is 12.0 Å². The van der Waals surface area contributed by atoms with Crippen molar-refractivity contribution in [1.82, 2.24) is 0 Å². The van der Waals surface area contributed by atoms with Crippen molar-refractivity contribution < 1.29 is 19.7 Å². The topological polar surface area (TPSA) is 66.8 Å². The monoisotopic (exact) mass is 208 g/mol. The van der Waals surface area contributed by atoms with Gasteiger partial charge in [0.2, 0.25) is 0 Å². The van der Waals surface area contributed by atoms with Crippen LogP contribution in [0.4, 0.5) is 0 Å². The van der Waals surface area contributed by atoms with E-state index in [4.69, 9.17) is 9.84 Å². The first-order valence-electron chi connectivity index (χ1n) is 4.42. The molecule has 0 saturated carbocycles. The van der Waals surface area contributed by atoms with E-state index in [0.29, 0.717) is 5.56 Å². The van der Waals surface area contributed by atoms with Crippen LogP contribution in [0.15, 0.2) is 24.3 Å². The lowest BCUT2D eigenvalue weighted by atomic mass is 10.2. The molecule has 0 spiro atoms. The Kier molecular flexibility index (Phi) is 3.88. The predicted molar refractivity (Wildman–Crippen MR) is 55.5 cm³/mol. The second kappa shape index (κ2) is 5.17. The number of carbonyl (C=O) groups excluding carboxylic acids is 1. The van der Waals surface area contributed by atoms with E-state index in [0.717, 1.165) is 0 Å². The molecule has 1 aromatic rings. The summed E-state index contributed by atoms with van der Waals surface area (Å²) in [4.78, 5) is 10.8. The third-order valence-electron chi connectivity index (χ3n) is 1.65. The van der Waals surface area contributed by atoms with Crippen LogP contribution in [-0.4, -0.2) is 22.8 Å². The van der Waals surface area contributed by atoms with E-state index in [1.54, 1.807) is 12.1 Å². The Morgan fingerprint density at radius 3 is 2.87 bits per heavy atom. The van der Waals surface area contributed by atoms with E-state index < -0.39 is 5.97 Å². The van der Waals surface area contributed by atoms with Gasteiger partial charge in [-0.2, -0.15) is 0 Å². The molecule has 0 bridgehead atoms. The molecule has 0 aliphatic heterocycles. The van der Waals surface area contributed by atoms with Crippen LogP contribution in [0.3, 0.4) is 0 Å². The lowest BCUT2D eigenvalue weighted by Gasteiger charge is -2.05. The third-order valence-corrected chi connectivity index (χ3v) is 1.65. The number of ether oxygens (including phenoxy) is 1. The number of aliphatic hydroxyl groups is 1. The number of carbonyl (C=O) groups is 1. The van der Waals surface area contributed by atoms with E-state index in [1.165, 1.54) is 25.1 Å². The Bertz CT molecular complexity index is 382. The highest BCUT2D eigenvalue weighted by Crippen LogP contribution is 2.25. The zero-order valence-electron chi connectivity index (χ0n) is 8.30. The lowest BCUT2D eigenvalue weighted by Crippen LogP contribution is -2.02. The summed E-state index contributed by atoms with van der Waals surface area (Å²) in [6.45, 7) is 1.18. The van der Waals surface area contributed by atoms with Gasteiger partial charge in [-0.05, 0) is 12.1 Å². The highest BCUT2D eigenvalue weighted by molar-refractivity contribution is 5.72. The molecule has 0 saturated heterocycles. The summed E-state index contributed by atoms with van der Waals surface area (Å²) in [6.07, 6.45) is 3.12.